The van der Waals surface area contributed by atoms with E-state index in [0.717, 1.165) is 0 Å². The Labute approximate surface area is 137 Å². The number of alkyl halides is 3. The standard InChI is InChI=1S/C16H19F3N2O3/c1-14(2,3)15(23)9-12(16(17,18)19)20-21(15)13(22)10-24-11-7-5-4-6-8-11/h4-8,23H,9-10H2,1-3H3/t15-/m0/s1. The maximum Gasteiger partial charge on any atom is 0.431 e. The third-order valence-electron chi connectivity index (χ3n) is 3.86. The van der Waals surface area contributed by atoms with E-state index < -0.39 is 42.0 Å². The molecule has 5 nitrogen and oxygen atoms in total. The molecule has 1 heterocycles. The summed E-state index contributed by atoms with van der Waals surface area (Å²) in [5.41, 5.74) is -4.30. The first-order valence-corrected chi connectivity index (χ1v) is 7.33. The number of benzene rings is 1. The van der Waals surface area contributed by atoms with Crippen LogP contribution in [0.5, 0.6) is 5.75 Å². The molecular formula is C16H19F3N2O3. The number of aliphatic hydroxyl groups is 1. The topological polar surface area (TPSA) is 62.1 Å². The van der Waals surface area contributed by atoms with Crippen molar-refractivity contribution < 1.29 is 27.8 Å². The maximum atomic E-state index is 13.0. The van der Waals surface area contributed by atoms with E-state index in [2.05, 4.69) is 5.10 Å². The number of rotatable bonds is 3. The molecule has 0 unspecified atom stereocenters. The van der Waals surface area contributed by atoms with Crippen molar-refractivity contribution in [1.82, 2.24) is 5.01 Å². The molecule has 0 aliphatic carbocycles. The van der Waals surface area contributed by atoms with Gasteiger partial charge >= 0.3 is 6.18 Å². The zero-order chi connectivity index (χ0) is 18.2. The van der Waals surface area contributed by atoms with Gasteiger partial charge in [0.1, 0.15) is 11.5 Å². The van der Waals surface area contributed by atoms with E-state index in [1.54, 1.807) is 51.1 Å². The minimum Gasteiger partial charge on any atom is -0.484 e. The molecule has 0 radical (unpaired) electrons. The predicted molar refractivity (Wildman–Crippen MR) is 81.3 cm³/mol. The Kier molecular flexibility index (Phi) is 4.63. The second-order valence-corrected chi connectivity index (χ2v) is 6.60. The van der Waals surface area contributed by atoms with Gasteiger partial charge in [-0.05, 0) is 12.1 Å². The van der Waals surface area contributed by atoms with Gasteiger partial charge in [-0.15, -0.1) is 0 Å². The van der Waals surface area contributed by atoms with Crippen LogP contribution in [0.2, 0.25) is 0 Å². The maximum absolute atomic E-state index is 13.0. The highest BCUT2D eigenvalue weighted by atomic mass is 19.4. The summed E-state index contributed by atoms with van der Waals surface area (Å²) in [7, 11) is 0. The number of halogens is 3. The molecule has 1 N–H and O–H groups in total. The van der Waals surface area contributed by atoms with Crippen LogP contribution in [0, 0.1) is 5.41 Å². The lowest BCUT2D eigenvalue weighted by atomic mass is 9.80. The SMILES string of the molecule is CC(C)(C)[C@@]1(O)CC(C(F)(F)F)=NN1C(=O)COc1ccccc1. The number of para-hydroxylation sites is 1. The van der Waals surface area contributed by atoms with Crippen molar-refractivity contribution in [2.45, 2.75) is 39.1 Å². The number of hydrogen-bond acceptors (Lipinski definition) is 4. The number of nitrogens with zero attached hydrogens (tertiary/aromatic N) is 2. The van der Waals surface area contributed by atoms with Crippen LogP contribution >= 0.6 is 0 Å². The first-order chi connectivity index (χ1) is 10.9. The summed E-state index contributed by atoms with van der Waals surface area (Å²) in [6.07, 6.45) is -5.49. The van der Waals surface area contributed by atoms with Crippen LogP contribution in [0.25, 0.3) is 0 Å². The molecule has 8 heteroatoms. The Morgan fingerprint density at radius 3 is 2.38 bits per heavy atom. The summed E-state index contributed by atoms with van der Waals surface area (Å²) in [6, 6.07) is 8.37. The van der Waals surface area contributed by atoms with Crippen LogP contribution in [0.3, 0.4) is 0 Å². The van der Waals surface area contributed by atoms with E-state index in [4.69, 9.17) is 4.74 Å². The molecule has 24 heavy (non-hydrogen) atoms. The van der Waals surface area contributed by atoms with Crippen LogP contribution in [0.4, 0.5) is 13.2 Å². The average Bonchev–Trinajstić information content (AvgIpc) is 2.85. The quantitative estimate of drug-likeness (QED) is 0.917. The Hall–Kier alpha value is -2.09. The fourth-order valence-corrected chi connectivity index (χ4v) is 2.27. The summed E-state index contributed by atoms with van der Waals surface area (Å²) in [5.74, 6) is -0.458. The van der Waals surface area contributed by atoms with Crippen molar-refractivity contribution in [2.75, 3.05) is 6.61 Å². The average molecular weight is 344 g/mol. The number of hydrazone groups is 1. The van der Waals surface area contributed by atoms with E-state index in [1.807, 2.05) is 0 Å². The van der Waals surface area contributed by atoms with Gasteiger partial charge in [-0.1, -0.05) is 39.0 Å². The van der Waals surface area contributed by atoms with Gasteiger partial charge in [-0.3, -0.25) is 4.79 Å². The molecule has 0 saturated heterocycles. The second-order valence-electron chi connectivity index (χ2n) is 6.60. The third-order valence-corrected chi connectivity index (χ3v) is 3.86. The Bertz CT molecular complexity index is 638. The van der Waals surface area contributed by atoms with Crippen LogP contribution < -0.4 is 4.74 Å². The molecule has 0 saturated carbocycles. The smallest absolute Gasteiger partial charge is 0.431 e. The number of ether oxygens (including phenoxy) is 1. The zero-order valence-corrected chi connectivity index (χ0v) is 13.6. The lowest BCUT2D eigenvalue weighted by Crippen LogP contribution is -2.56. The number of carbonyl (C=O) groups excluding carboxylic acids is 1. The van der Waals surface area contributed by atoms with Gasteiger partial charge in [0.2, 0.25) is 0 Å². The summed E-state index contributed by atoms with van der Waals surface area (Å²) in [6.45, 7) is 4.09. The first-order valence-electron chi connectivity index (χ1n) is 7.33. The summed E-state index contributed by atoms with van der Waals surface area (Å²) < 4.78 is 44.2. The molecular weight excluding hydrogens is 325 g/mol. The highest BCUT2D eigenvalue weighted by Gasteiger charge is 2.57. The molecule has 0 aromatic heterocycles. The largest absolute Gasteiger partial charge is 0.484 e. The molecule has 1 aliphatic heterocycles. The van der Waals surface area contributed by atoms with E-state index in [-0.39, 0.29) is 0 Å². The molecule has 1 aliphatic rings. The van der Waals surface area contributed by atoms with Crippen LogP contribution in [0.1, 0.15) is 27.2 Å². The minimum atomic E-state index is -4.71. The molecule has 1 aromatic rings. The summed E-state index contributed by atoms with van der Waals surface area (Å²) in [4.78, 5) is 12.3. The molecule has 0 fully saturated rings. The fourth-order valence-electron chi connectivity index (χ4n) is 2.27. The highest BCUT2D eigenvalue weighted by molar-refractivity contribution is 5.94. The molecule has 2 rings (SSSR count). The number of hydrogen-bond donors (Lipinski definition) is 1. The number of carbonyl (C=O) groups is 1. The Morgan fingerprint density at radius 2 is 1.88 bits per heavy atom. The Morgan fingerprint density at radius 1 is 1.29 bits per heavy atom. The van der Waals surface area contributed by atoms with Gasteiger partial charge in [-0.25, -0.2) is 0 Å². The van der Waals surface area contributed by atoms with E-state index in [1.165, 1.54) is 0 Å². The number of amides is 1. The molecule has 1 amide bonds. The molecule has 1 aromatic carbocycles. The van der Waals surface area contributed by atoms with Crippen molar-refractivity contribution in [2.24, 2.45) is 10.5 Å². The zero-order valence-electron chi connectivity index (χ0n) is 13.6. The highest BCUT2D eigenvalue weighted by Crippen LogP contribution is 2.43. The van der Waals surface area contributed by atoms with Crippen LogP contribution in [-0.2, 0) is 4.79 Å². The molecule has 1 atom stereocenters. The lowest BCUT2D eigenvalue weighted by molar-refractivity contribution is -0.183. The van der Waals surface area contributed by atoms with Crippen LogP contribution in [-0.4, -0.2) is 40.2 Å². The van der Waals surface area contributed by atoms with Gasteiger partial charge in [-0.2, -0.15) is 23.3 Å². The fraction of sp³-hybridized carbons (Fsp3) is 0.500. The van der Waals surface area contributed by atoms with Gasteiger partial charge in [0, 0.05) is 11.8 Å². The lowest BCUT2D eigenvalue weighted by Gasteiger charge is -2.41. The van der Waals surface area contributed by atoms with Crippen molar-refractivity contribution in [3.05, 3.63) is 30.3 Å². The van der Waals surface area contributed by atoms with Gasteiger partial charge < -0.3 is 9.84 Å². The first kappa shape index (κ1) is 18.3. The van der Waals surface area contributed by atoms with Crippen molar-refractivity contribution in [3.63, 3.8) is 0 Å². The van der Waals surface area contributed by atoms with E-state index >= 15 is 0 Å². The summed E-state index contributed by atoms with van der Waals surface area (Å²) in [5, 5.41) is 14.6. The normalized spacial score (nSPS) is 21.6. The molecule has 132 valence electrons. The molecule has 0 bridgehead atoms. The van der Waals surface area contributed by atoms with Gasteiger partial charge in [0.05, 0.1) is 0 Å². The third kappa shape index (κ3) is 3.53. The monoisotopic (exact) mass is 344 g/mol. The van der Waals surface area contributed by atoms with Crippen molar-refractivity contribution in [3.8, 4) is 5.75 Å². The van der Waals surface area contributed by atoms with Crippen molar-refractivity contribution in [1.29, 1.82) is 0 Å². The second kappa shape index (κ2) is 6.08. The van der Waals surface area contributed by atoms with E-state index in [9.17, 15) is 23.1 Å². The van der Waals surface area contributed by atoms with E-state index in [0.29, 0.717) is 10.8 Å². The van der Waals surface area contributed by atoms with Gasteiger partial charge in [0.15, 0.2) is 12.3 Å². The van der Waals surface area contributed by atoms with Crippen molar-refractivity contribution >= 4 is 11.6 Å². The molecule has 0 spiro atoms. The predicted octanol–water partition coefficient (Wildman–Crippen LogP) is 2.95. The van der Waals surface area contributed by atoms with Crippen LogP contribution in [0.15, 0.2) is 35.4 Å². The summed E-state index contributed by atoms with van der Waals surface area (Å²) >= 11 is 0. The Balaban J connectivity index is 2.22. The minimum absolute atomic E-state index is 0.393. The van der Waals surface area contributed by atoms with Gasteiger partial charge in [0.25, 0.3) is 5.91 Å².